The molecule has 0 radical (unpaired) electrons. The molecule has 3 aromatic rings. The largest absolute Gasteiger partial charge is 0.496 e. The molecule has 2 N–H and O–H groups in total. The Labute approximate surface area is 165 Å². The van der Waals surface area contributed by atoms with Crippen LogP contribution in [0.1, 0.15) is 24.2 Å². The number of carbonyl (C=O) groups excluding carboxylic acids is 1. The predicted octanol–water partition coefficient (Wildman–Crippen LogP) is 5.48. The predicted molar refractivity (Wildman–Crippen MR) is 113 cm³/mol. The van der Waals surface area contributed by atoms with Crippen molar-refractivity contribution in [2.24, 2.45) is 0 Å². The van der Waals surface area contributed by atoms with Crippen molar-refractivity contribution in [3.63, 3.8) is 0 Å². The second kappa shape index (κ2) is 8.95. The minimum atomic E-state index is -0.214. The van der Waals surface area contributed by atoms with Crippen LogP contribution in [0.15, 0.2) is 72.8 Å². The number of anilines is 3. The third kappa shape index (κ3) is 4.82. The Hall–Kier alpha value is -3.47. The normalized spacial score (nSPS) is 10.4. The van der Waals surface area contributed by atoms with E-state index < -0.39 is 0 Å². The van der Waals surface area contributed by atoms with E-state index >= 15 is 0 Å². The number of amides is 1. The van der Waals surface area contributed by atoms with Crippen molar-refractivity contribution in [2.75, 3.05) is 17.7 Å². The van der Waals surface area contributed by atoms with Crippen LogP contribution >= 0.6 is 0 Å². The Kier molecular flexibility index (Phi) is 6.17. The van der Waals surface area contributed by atoms with E-state index in [0.29, 0.717) is 17.0 Å². The molecular weight excluding hydrogens is 352 g/mol. The fourth-order valence-electron chi connectivity index (χ4n) is 2.75. The van der Waals surface area contributed by atoms with Gasteiger partial charge < -0.3 is 20.1 Å². The minimum Gasteiger partial charge on any atom is -0.496 e. The van der Waals surface area contributed by atoms with Crippen LogP contribution in [-0.2, 0) is 0 Å². The van der Waals surface area contributed by atoms with Crippen molar-refractivity contribution < 1.29 is 14.3 Å². The zero-order valence-corrected chi connectivity index (χ0v) is 16.2. The van der Waals surface area contributed by atoms with Crippen LogP contribution in [0, 0.1) is 0 Å². The molecule has 0 heterocycles. The molecule has 144 valence electrons. The van der Waals surface area contributed by atoms with Crippen molar-refractivity contribution in [3.8, 4) is 11.5 Å². The SMILES string of the molecule is COc1ccccc1C(=O)Nc1ccc(Nc2ccccc2OC(C)C)cc1. The highest BCUT2D eigenvalue weighted by Gasteiger charge is 2.11. The van der Waals surface area contributed by atoms with Gasteiger partial charge in [0.2, 0.25) is 0 Å². The van der Waals surface area contributed by atoms with Gasteiger partial charge in [0.15, 0.2) is 0 Å². The number of methoxy groups -OCH3 is 1. The highest BCUT2D eigenvalue weighted by Crippen LogP contribution is 2.29. The number of carbonyl (C=O) groups is 1. The van der Waals surface area contributed by atoms with E-state index in [-0.39, 0.29) is 12.0 Å². The highest BCUT2D eigenvalue weighted by atomic mass is 16.5. The molecule has 1 amide bonds. The van der Waals surface area contributed by atoms with E-state index in [4.69, 9.17) is 9.47 Å². The summed E-state index contributed by atoms with van der Waals surface area (Å²) in [6.07, 6.45) is 0.0931. The standard InChI is InChI=1S/C23H24N2O3/c1-16(2)28-22-11-7-5-9-20(22)24-17-12-14-18(15-13-17)25-23(26)19-8-4-6-10-21(19)27-3/h4-16,24H,1-3H3,(H,25,26). The lowest BCUT2D eigenvalue weighted by Gasteiger charge is -2.15. The zero-order chi connectivity index (χ0) is 19.9. The summed E-state index contributed by atoms with van der Waals surface area (Å²) >= 11 is 0. The fraction of sp³-hybridized carbons (Fsp3) is 0.174. The Morgan fingerprint density at radius 1 is 0.821 bits per heavy atom. The molecule has 5 nitrogen and oxygen atoms in total. The molecular formula is C23H24N2O3. The molecule has 0 atom stereocenters. The van der Waals surface area contributed by atoms with Crippen LogP contribution in [0.2, 0.25) is 0 Å². The Morgan fingerprint density at radius 3 is 2.11 bits per heavy atom. The third-order valence-electron chi connectivity index (χ3n) is 4.02. The van der Waals surface area contributed by atoms with Crippen molar-refractivity contribution in [1.29, 1.82) is 0 Å². The third-order valence-corrected chi connectivity index (χ3v) is 4.02. The topological polar surface area (TPSA) is 59.6 Å². The highest BCUT2D eigenvalue weighted by molar-refractivity contribution is 6.06. The smallest absolute Gasteiger partial charge is 0.259 e. The van der Waals surface area contributed by atoms with E-state index in [1.54, 1.807) is 25.3 Å². The minimum absolute atomic E-state index is 0.0931. The van der Waals surface area contributed by atoms with E-state index in [9.17, 15) is 4.79 Å². The number of ether oxygens (including phenoxy) is 2. The Balaban J connectivity index is 1.70. The van der Waals surface area contributed by atoms with E-state index in [1.165, 1.54) is 0 Å². The first kappa shape index (κ1) is 19.3. The van der Waals surface area contributed by atoms with Crippen LogP contribution < -0.4 is 20.1 Å². The van der Waals surface area contributed by atoms with Gasteiger partial charge in [-0.25, -0.2) is 0 Å². The molecule has 0 aliphatic heterocycles. The maximum atomic E-state index is 12.5. The quantitative estimate of drug-likeness (QED) is 0.573. The van der Waals surface area contributed by atoms with Crippen LogP contribution in [0.4, 0.5) is 17.1 Å². The van der Waals surface area contributed by atoms with Gasteiger partial charge in [-0.05, 0) is 62.4 Å². The molecule has 0 saturated heterocycles. The van der Waals surface area contributed by atoms with Gasteiger partial charge in [-0.15, -0.1) is 0 Å². The van der Waals surface area contributed by atoms with Gasteiger partial charge in [0, 0.05) is 11.4 Å². The molecule has 0 unspecified atom stereocenters. The summed E-state index contributed by atoms with van der Waals surface area (Å²) in [4.78, 5) is 12.5. The Morgan fingerprint density at radius 2 is 1.43 bits per heavy atom. The number of nitrogens with one attached hydrogen (secondary N) is 2. The van der Waals surface area contributed by atoms with Crippen molar-refractivity contribution >= 4 is 23.0 Å². The summed E-state index contributed by atoms with van der Waals surface area (Å²) < 4.78 is 11.1. The number of rotatable bonds is 7. The van der Waals surface area contributed by atoms with Crippen LogP contribution in [0.25, 0.3) is 0 Å². The van der Waals surface area contributed by atoms with Crippen LogP contribution in [0.5, 0.6) is 11.5 Å². The van der Waals surface area contributed by atoms with Crippen molar-refractivity contribution in [2.45, 2.75) is 20.0 Å². The lowest BCUT2D eigenvalue weighted by Crippen LogP contribution is -2.13. The van der Waals surface area contributed by atoms with E-state index in [1.807, 2.05) is 68.4 Å². The number of hydrogen-bond donors (Lipinski definition) is 2. The molecule has 0 aliphatic rings. The summed E-state index contributed by atoms with van der Waals surface area (Å²) in [5.41, 5.74) is 2.98. The molecule has 0 fully saturated rings. The summed E-state index contributed by atoms with van der Waals surface area (Å²) in [6, 6.07) is 22.4. The number of benzene rings is 3. The molecule has 5 heteroatoms. The summed E-state index contributed by atoms with van der Waals surface area (Å²) in [5.74, 6) is 1.12. The average molecular weight is 376 g/mol. The van der Waals surface area contributed by atoms with Gasteiger partial charge in [-0.1, -0.05) is 24.3 Å². The monoisotopic (exact) mass is 376 g/mol. The van der Waals surface area contributed by atoms with Crippen LogP contribution in [-0.4, -0.2) is 19.1 Å². The van der Waals surface area contributed by atoms with Crippen molar-refractivity contribution in [3.05, 3.63) is 78.4 Å². The molecule has 0 spiro atoms. The molecule has 28 heavy (non-hydrogen) atoms. The summed E-state index contributed by atoms with van der Waals surface area (Å²) in [7, 11) is 1.55. The van der Waals surface area contributed by atoms with E-state index in [0.717, 1.165) is 17.1 Å². The number of para-hydroxylation sites is 3. The second-order valence-electron chi connectivity index (χ2n) is 6.52. The molecule has 0 aromatic heterocycles. The lowest BCUT2D eigenvalue weighted by molar-refractivity contribution is 0.102. The number of hydrogen-bond acceptors (Lipinski definition) is 4. The summed E-state index contributed by atoms with van der Waals surface area (Å²) in [6.45, 7) is 3.99. The van der Waals surface area contributed by atoms with Gasteiger partial charge >= 0.3 is 0 Å². The first-order chi connectivity index (χ1) is 13.6. The van der Waals surface area contributed by atoms with Crippen LogP contribution in [0.3, 0.4) is 0 Å². The van der Waals surface area contributed by atoms with Crippen molar-refractivity contribution in [1.82, 2.24) is 0 Å². The van der Waals surface area contributed by atoms with Gasteiger partial charge in [0.05, 0.1) is 24.5 Å². The molecule has 0 aliphatic carbocycles. The molecule has 3 rings (SSSR count). The van der Waals surface area contributed by atoms with E-state index in [2.05, 4.69) is 10.6 Å². The second-order valence-corrected chi connectivity index (χ2v) is 6.52. The first-order valence-electron chi connectivity index (χ1n) is 9.14. The zero-order valence-electron chi connectivity index (χ0n) is 16.2. The molecule has 0 saturated carbocycles. The maximum Gasteiger partial charge on any atom is 0.259 e. The average Bonchev–Trinajstić information content (AvgIpc) is 2.70. The first-order valence-corrected chi connectivity index (χ1v) is 9.14. The summed E-state index contributed by atoms with van der Waals surface area (Å²) in [5, 5.41) is 6.24. The van der Waals surface area contributed by atoms with Gasteiger partial charge in [-0.3, -0.25) is 4.79 Å². The molecule has 3 aromatic carbocycles. The maximum absolute atomic E-state index is 12.5. The van der Waals surface area contributed by atoms with Gasteiger partial charge in [0.25, 0.3) is 5.91 Å². The van der Waals surface area contributed by atoms with Gasteiger partial charge in [-0.2, -0.15) is 0 Å². The van der Waals surface area contributed by atoms with Gasteiger partial charge in [0.1, 0.15) is 11.5 Å². The lowest BCUT2D eigenvalue weighted by atomic mass is 10.2. The fourth-order valence-corrected chi connectivity index (χ4v) is 2.75. The Bertz CT molecular complexity index is 937. The molecule has 0 bridgehead atoms.